The second kappa shape index (κ2) is 5.58. The van der Waals surface area contributed by atoms with Crippen molar-refractivity contribution in [2.45, 2.75) is 53.5 Å². The molecular weight excluding hydrogens is 265 g/mol. The molecule has 0 bridgehead atoms. The van der Waals surface area contributed by atoms with Crippen LogP contribution in [0, 0.1) is 11.7 Å². The molecule has 0 aliphatic carbocycles. The second-order valence-corrected chi connectivity index (χ2v) is 6.41. The van der Waals surface area contributed by atoms with Crippen LogP contribution in [0.4, 0.5) is 10.2 Å². The van der Waals surface area contributed by atoms with Gasteiger partial charge in [-0.25, -0.2) is 14.4 Å². The molecule has 0 atom stereocenters. The van der Waals surface area contributed by atoms with Crippen molar-refractivity contribution in [3.63, 3.8) is 0 Å². The predicted molar refractivity (Wildman–Crippen MR) is 86.4 cm³/mol. The summed E-state index contributed by atoms with van der Waals surface area (Å²) < 4.78 is 14.3. The van der Waals surface area contributed by atoms with Crippen LogP contribution in [-0.4, -0.2) is 16.7 Å². The van der Waals surface area contributed by atoms with Crippen LogP contribution in [0.25, 0.3) is 0 Å². The maximum absolute atomic E-state index is 14.3. The number of aliphatic imine (C=N–C) groups is 1. The van der Waals surface area contributed by atoms with Crippen molar-refractivity contribution < 1.29 is 4.39 Å². The van der Waals surface area contributed by atoms with Gasteiger partial charge in [-0.15, -0.1) is 0 Å². The molecular formula is C17H24FN3. The third-order valence-corrected chi connectivity index (χ3v) is 3.62. The highest BCUT2D eigenvalue weighted by Crippen LogP contribution is 2.34. The smallest absolute Gasteiger partial charge is 0.145 e. The highest BCUT2D eigenvalue weighted by molar-refractivity contribution is 6.08. The van der Waals surface area contributed by atoms with Crippen molar-refractivity contribution in [1.29, 1.82) is 0 Å². The summed E-state index contributed by atoms with van der Waals surface area (Å²) in [5, 5.41) is 0. The first kappa shape index (κ1) is 15.7. The van der Waals surface area contributed by atoms with Gasteiger partial charge in [0.05, 0.1) is 11.4 Å². The molecule has 0 N–H and O–H groups in total. The van der Waals surface area contributed by atoms with Crippen LogP contribution in [0.3, 0.4) is 0 Å². The van der Waals surface area contributed by atoms with Crippen molar-refractivity contribution in [2.75, 3.05) is 4.90 Å². The lowest BCUT2D eigenvalue weighted by Gasteiger charge is -2.34. The van der Waals surface area contributed by atoms with E-state index in [4.69, 9.17) is 0 Å². The Labute approximate surface area is 126 Å². The largest absolute Gasteiger partial charge is 0.308 e. The normalized spacial score (nSPS) is 15.0. The zero-order valence-corrected chi connectivity index (χ0v) is 13.7. The summed E-state index contributed by atoms with van der Waals surface area (Å²) in [6.07, 6.45) is 0. The van der Waals surface area contributed by atoms with Crippen LogP contribution >= 0.6 is 0 Å². The Balaban J connectivity index is 2.72. The number of anilines is 1. The fourth-order valence-corrected chi connectivity index (χ4v) is 2.63. The van der Waals surface area contributed by atoms with Crippen molar-refractivity contribution >= 4 is 11.5 Å². The first-order valence-corrected chi connectivity index (χ1v) is 7.51. The van der Waals surface area contributed by atoms with E-state index in [-0.39, 0.29) is 23.7 Å². The lowest BCUT2D eigenvalue weighted by atomic mass is 9.96. The van der Waals surface area contributed by atoms with Gasteiger partial charge in [-0.2, -0.15) is 0 Å². The zero-order valence-electron chi connectivity index (χ0n) is 13.7. The number of aromatic nitrogens is 1. The molecule has 2 rings (SSSR count). The molecule has 1 aliphatic heterocycles. The van der Waals surface area contributed by atoms with Crippen molar-refractivity contribution in [3.05, 3.63) is 35.5 Å². The summed E-state index contributed by atoms with van der Waals surface area (Å²) in [6.45, 7) is 16.2. The number of hydrogen-bond acceptors (Lipinski definition) is 3. The molecule has 4 heteroatoms. The summed E-state index contributed by atoms with van der Waals surface area (Å²) in [7, 11) is 0. The molecule has 0 saturated heterocycles. The highest BCUT2D eigenvalue weighted by atomic mass is 19.1. The Bertz CT molecular complexity index is 600. The van der Waals surface area contributed by atoms with E-state index in [0.29, 0.717) is 11.5 Å². The van der Waals surface area contributed by atoms with Crippen LogP contribution in [0.5, 0.6) is 0 Å². The van der Waals surface area contributed by atoms with E-state index in [2.05, 4.69) is 44.3 Å². The van der Waals surface area contributed by atoms with Gasteiger partial charge in [-0.3, -0.25) is 0 Å². The molecule has 0 fully saturated rings. The Morgan fingerprint density at radius 1 is 1.10 bits per heavy atom. The summed E-state index contributed by atoms with van der Waals surface area (Å²) in [4.78, 5) is 11.2. The van der Waals surface area contributed by atoms with Crippen LogP contribution in [-0.2, 0) is 0 Å². The number of pyridine rings is 1. The molecule has 21 heavy (non-hydrogen) atoms. The maximum atomic E-state index is 14.3. The first-order chi connectivity index (χ1) is 9.73. The Hall–Kier alpha value is -1.71. The fraction of sp³-hybridized carbons (Fsp3) is 0.529. The van der Waals surface area contributed by atoms with Crippen LogP contribution in [0.2, 0.25) is 0 Å². The summed E-state index contributed by atoms with van der Waals surface area (Å²) in [5.41, 5.74) is 2.14. The number of halogens is 1. The van der Waals surface area contributed by atoms with Crippen LogP contribution in [0.15, 0.2) is 23.5 Å². The minimum absolute atomic E-state index is 0.0407. The number of fused-ring (bicyclic) bond motifs is 1. The number of hydrogen-bond donors (Lipinski definition) is 0. The van der Waals surface area contributed by atoms with Crippen LogP contribution < -0.4 is 4.90 Å². The summed E-state index contributed by atoms with van der Waals surface area (Å²) in [5.74, 6) is 1.43. The molecule has 3 nitrogen and oxygen atoms in total. The second-order valence-electron chi connectivity index (χ2n) is 6.41. The van der Waals surface area contributed by atoms with Gasteiger partial charge >= 0.3 is 0 Å². The number of rotatable bonds is 3. The van der Waals surface area contributed by atoms with Gasteiger partial charge in [0.2, 0.25) is 0 Å². The molecule has 0 saturated carbocycles. The molecule has 1 aliphatic rings. The highest BCUT2D eigenvalue weighted by Gasteiger charge is 2.29. The average Bonchev–Trinajstić information content (AvgIpc) is 2.36. The Kier molecular flexibility index (Phi) is 4.17. The predicted octanol–water partition coefficient (Wildman–Crippen LogP) is 4.49. The molecule has 0 amide bonds. The molecule has 0 radical (unpaired) electrons. The lowest BCUT2D eigenvalue weighted by molar-refractivity contribution is 0.580. The standard InChI is InChI=1S/C17H24FN3/c1-9(2)15-13-8-14(18)16(10(3)4)20-17(13)21(11(5)6)12(7)19-15/h8-11H,7H2,1-6H3. The van der Waals surface area contributed by atoms with Gasteiger partial charge < -0.3 is 4.90 Å². The zero-order chi connectivity index (χ0) is 15.9. The van der Waals surface area contributed by atoms with Crippen molar-refractivity contribution in [3.8, 4) is 0 Å². The quantitative estimate of drug-likeness (QED) is 0.820. The van der Waals surface area contributed by atoms with Crippen LogP contribution in [0.1, 0.15) is 58.7 Å². The average molecular weight is 289 g/mol. The van der Waals surface area contributed by atoms with E-state index in [1.54, 1.807) is 6.07 Å². The van der Waals surface area contributed by atoms with Gasteiger partial charge in [0.25, 0.3) is 0 Å². The van der Waals surface area contributed by atoms with Gasteiger partial charge in [-0.05, 0) is 31.7 Å². The van der Waals surface area contributed by atoms with E-state index in [0.717, 1.165) is 17.1 Å². The van der Waals surface area contributed by atoms with Gasteiger partial charge in [0.15, 0.2) is 0 Å². The Morgan fingerprint density at radius 2 is 1.71 bits per heavy atom. The number of nitrogens with zero attached hydrogens (tertiary/aromatic N) is 3. The van der Waals surface area contributed by atoms with Gasteiger partial charge in [0, 0.05) is 11.6 Å². The fourth-order valence-electron chi connectivity index (χ4n) is 2.63. The first-order valence-electron chi connectivity index (χ1n) is 7.51. The molecule has 2 heterocycles. The summed E-state index contributed by atoms with van der Waals surface area (Å²) >= 11 is 0. The molecule has 1 aromatic rings. The minimum atomic E-state index is -0.256. The van der Waals surface area contributed by atoms with Gasteiger partial charge in [-0.1, -0.05) is 34.3 Å². The van der Waals surface area contributed by atoms with E-state index in [1.165, 1.54) is 0 Å². The van der Waals surface area contributed by atoms with E-state index >= 15 is 0 Å². The third-order valence-electron chi connectivity index (χ3n) is 3.62. The lowest BCUT2D eigenvalue weighted by Crippen LogP contribution is -2.36. The van der Waals surface area contributed by atoms with Crippen molar-refractivity contribution in [2.24, 2.45) is 10.9 Å². The topological polar surface area (TPSA) is 28.5 Å². The molecule has 1 aromatic heterocycles. The monoisotopic (exact) mass is 289 g/mol. The van der Waals surface area contributed by atoms with E-state index in [1.807, 2.05) is 18.7 Å². The van der Waals surface area contributed by atoms with E-state index in [9.17, 15) is 4.39 Å². The van der Waals surface area contributed by atoms with Crippen molar-refractivity contribution in [1.82, 2.24) is 4.98 Å². The molecule has 114 valence electrons. The van der Waals surface area contributed by atoms with E-state index < -0.39 is 0 Å². The Morgan fingerprint density at radius 3 is 2.19 bits per heavy atom. The maximum Gasteiger partial charge on any atom is 0.145 e. The van der Waals surface area contributed by atoms with Gasteiger partial charge in [0.1, 0.15) is 17.5 Å². The molecule has 0 spiro atoms. The molecule has 0 unspecified atom stereocenters. The SMILES string of the molecule is C=C1N=C(C(C)C)c2cc(F)c(C(C)C)nc2N1C(C)C. The summed E-state index contributed by atoms with van der Waals surface area (Å²) in [6, 6.07) is 1.75. The third kappa shape index (κ3) is 2.71. The minimum Gasteiger partial charge on any atom is -0.308 e. The molecule has 0 aromatic carbocycles.